The van der Waals surface area contributed by atoms with Crippen molar-refractivity contribution >= 4 is 34.0 Å². The largest absolute Gasteiger partial charge is 0.304 e. The van der Waals surface area contributed by atoms with Crippen molar-refractivity contribution in [1.82, 2.24) is 0 Å². The molecular formula is C23H14F4N2O3S. The fraction of sp³-hybridized carbons (Fsp3) is 0.130. The number of carbonyl (C=O) groups excluding carboxylic acids is 2. The number of hydrogen-bond acceptors (Lipinski definition) is 3. The van der Waals surface area contributed by atoms with E-state index >= 15 is 0 Å². The summed E-state index contributed by atoms with van der Waals surface area (Å²) in [7, 11) is -2.17. The highest BCUT2D eigenvalue weighted by atomic mass is 32.2. The number of fused-ring (bicyclic) bond motifs is 2. The number of amides is 2. The van der Waals surface area contributed by atoms with E-state index in [1.807, 2.05) is 0 Å². The first-order chi connectivity index (χ1) is 15.7. The Morgan fingerprint density at radius 3 is 2.24 bits per heavy atom. The summed E-state index contributed by atoms with van der Waals surface area (Å²) in [6, 6.07) is 11.4. The van der Waals surface area contributed by atoms with E-state index in [0.717, 1.165) is 35.2 Å². The van der Waals surface area contributed by atoms with Crippen molar-refractivity contribution in [2.24, 2.45) is 0 Å². The van der Waals surface area contributed by atoms with Crippen molar-refractivity contribution in [3.8, 4) is 0 Å². The molecule has 2 atom stereocenters. The molecule has 1 fully saturated rings. The summed E-state index contributed by atoms with van der Waals surface area (Å²) in [5.41, 5.74) is 0.536. The Labute approximate surface area is 187 Å². The molecule has 2 heterocycles. The zero-order valence-electron chi connectivity index (χ0n) is 16.7. The van der Waals surface area contributed by atoms with E-state index in [9.17, 15) is 31.4 Å². The van der Waals surface area contributed by atoms with Gasteiger partial charge in [-0.2, -0.15) is 0 Å². The lowest BCUT2D eigenvalue weighted by molar-refractivity contribution is -0.123. The number of nitrogens with zero attached hydrogens (tertiary/aromatic N) is 2. The van der Waals surface area contributed by atoms with Crippen LogP contribution >= 0.6 is 0 Å². The molecule has 2 amide bonds. The number of benzene rings is 3. The zero-order chi connectivity index (χ0) is 23.5. The summed E-state index contributed by atoms with van der Waals surface area (Å²) in [5, 5.41) is 0. The Balaban J connectivity index is 1.71. The lowest BCUT2D eigenvalue weighted by atomic mass is 10.0. The summed E-state index contributed by atoms with van der Waals surface area (Å²) in [4.78, 5) is 26.7. The first kappa shape index (κ1) is 21.3. The van der Waals surface area contributed by atoms with Crippen LogP contribution in [0.2, 0.25) is 0 Å². The summed E-state index contributed by atoms with van der Waals surface area (Å²) in [5.74, 6) is -5.74. The number of hydrogen-bond donors (Lipinski definition) is 0. The molecule has 5 rings (SSSR count). The molecule has 5 nitrogen and oxygen atoms in total. The van der Waals surface area contributed by atoms with Crippen molar-refractivity contribution in [3.05, 3.63) is 95.1 Å². The topological polar surface area (TPSA) is 57.7 Å². The van der Waals surface area contributed by atoms with Crippen molar-refractivity contribution < 1.29 is 31.4 Å². The van der Waals surface area contributed by atoms with Gasteiger partial charge in [0.2, 0.25) is 10.8 Å². The van der Waals surface area contributed by atoms with E-state index in [0.29, 0.717) is 5.56 Å². The average molecular weight is 474 g/mol. The van der Waals surface area contributed by atoms with Gasteiger partial charge in [0.25, 0.3) is 5.91 Å². The lowest BCUT2D eigenvalue weighted by Gasteiger charge is -2.32. The number of halogens is 4. The van der Waals surface area contributed by atoms with Gasteiger partial charge in [-0.25, -0.2) is 17.6 Å². The van der Waals surface area contributed by atoms with Crippen molar-refractivity contribution in [2.75, 3.05) is 15.6 Å². The predicted molar refractivity (Wildman–Crippen MR) is 113 cm³/mol. The van der Waals surface area contributed by atoms with Crippen LogP contribution in [0, 0.1) is 23.3 Å². The second-order valence-corrected chi connectivity index (χ2v) is 9.21. The van der Waals surface area contributed by atoms with Crippen LogP contribution in [0.1, 0.15) is 11.1 Å². The minimum absolute atomic E-state index is 0.0245. The Hall–Kier alpha value is -3.53. The summed E-state index contributed by atoms with van der Waals surface area (Å²) in [6.45, 7) is -0.0729. The van der Waals surface area contributed by atoms with E-state index < -0.39 is 56.5 Å². The van der Waals surface area contributed by atoms with Crippen LogP contribution in [0.4, 0.5) is 28.9 Å². The SMILES string of the molecule is O=C1CS(=O)C2(C(=O)N(Cc3ccc(F)cc3)c3ccc(F)cc32)N1c1ccc(F)c(F)c1. The van der Waals surface area contributed by atoms with Crippen LogP contribution < -0.4 is 9.80 Å². The maximum atomic E-state index is 14.3. The van der Waals surface area contributed by atoms with Crippen LogP contribution in [0.15, 0.2) is 60.7 Å². The molecule has 10 heteroatoms. The standard InChI is InChI=1S/C23H14F4N2O3S/c24-14-3-1-13(2-4-14)11-28-20-8-5-15(25)9-17(20)23(22(28)31)29(21(30)12-33(23)32)16-6-7-18(26)19(27)10-16/h1-10H,11-12H2. The first-order valence-corrected chi connectivity index (χ1v) is 11.1. The van der Waals surface area contributed by atoms with E-state index in [-0.39, 0.29) is 23.5 Å². The Kier molecular flexibility index (Phi) is 4.86. The minimum Gasteiger partial charge on any atom is -0.304 e. The van der Waals surface area contributed by atoms with Gasteiger partial charge in [-0.15, -0.1) is 0 Å². The first-order valence-electron chi connectivity index (χ1n) is 9.76. The molecule has 0 radical (unpaired) electrons. The normalized spacial score (nSPS) is 21.9. The maximum Gasteiger partial charge on any atom is 0.271 e. The molecule has 0 aliphatic carbocycles. The van der Waals surface area contributed by atoms with Crippen LogP contribution in [0.25, 0.3) is 0 Å². The molecule has 33 heavy (non-hydrogen) atoms. The number of anilines is 2. The van der Waals surface area contributed by atoms with Gasteiger partial charge in [0.15, 0.2) is 11.6 Å². The Morgan fingerprint density at radius 2 is 1.55 bits per heavy atom. The van der Waals surface area contributed by atoms with Crippen LogP contribution in [0.5, 0.6) is 0 Å². The van der Waals surface area contributed by atoms with Gasteiger partial charge in [0.05, 0.1) is 23.0 Å². The average Bonchev–Trinajstić information content (AvgIpc) is 3.17. The van der Waals surface area contributed by atoms with E-state index in [2.05, 4.69) is 0 Å². The third-order valence-corrected chi connectivity index (χ3v) is 7.46. The summed E-state index contributed by atoms with van der Waals surface area (Å²) >= 11 is 0. The third kappa shape index (κ3) is 3.08. The van der Waals surface area contributed by atoms with Crippen molar-refractivity contribution in [2.45, 2.75) is 11.4 Å². The van der Waals surface area contributed by atoms with E-state index in [1.165, 1.54) is 35.2 Å². The molecule has 1 spiro atoms. The number of rotatable bonds is 3. The van der Waals surface area contributed by atoms with E-state index in [1.54, 1.807) is 0 Å². The van der Waals surface area contributed by atoms with Gasteiger partial charge >= 0.3 is 0 Å². The smallest absolute Gasteiger partial charge is 0.271 e. The summed E-state index contributed by atoms with van der Waals surface area (Å²) < 4.78 is 68.5. The van der Waals surface area contributed by atoms with Gasteiger partial charge in [0, 0.05) is 17.3 Å². The highest BCUT2D eigenvalue weighted by Gasteiger charge is 2.65. The molecule has 3 aromatic rings. The van der Waals surface area contributed by atoms with E-state index in [4.69, 9.17) is 0 Å². The molecule has 3 aromatic carbocycles. The van der Waals surface area contributed by atoms with Crippen molar-refractivity contribution in [1.29, 1.82) is 0 Å². The fourth-order valence-corrected chi connectivity index (χ4v) is 5.98. The molecule has 0 N–H and O–H groups in total. The molecule has 0 bridgehead atoms. The second kappa shape index (κ2) is 7.51. The summed E-state index contributed by atoms with van der Waals surface area (Å²) in [6.07, 6.45) is 0. The molecule has 0 saturated carbocycles. The zero-order valence-corrected chi connectivity index (χ0v) is 17.5. The molecule has 2 aliphatic rings. The maximum absolute atomic E-state index is 14.3. The van der Waals surface area contributed by atoms with Crippen LogP contribution in [-0.2, 0) is 31.8 Å². The lowest BCUT2D eigenvalue weighted by Crippen LogP contribution is -2.52. The molecule has 2 aliphatic heterocycles. The Bertz CT molecular complexity index is 1350. The monoisotopic (exact) mass is 474 g/mol. The van der Waals surface area contributed by atoms with Gasteiger partial charge in [-0.05, 0) is 48.0 Å². The predicted octanol–water partition coefficient (Wildman–Crippen LogP) is 3.74. The molecule has 2 unspecified atom stereocenters. The molecular weight excluding hydrogens is 460 g/mol. The highest BCUT2D eigenvalue weighted by molar-refractivity contribution is 7.88. The molecule has 168 valence electrons. The minimum atomic E-state index is -2.17. The fourth-order valence-electron chi connectivity index (χ4n) is 4.30. The third-order valence-electron chi connectivity index (χ3n) is 5.71. The Morgan fingerprint density at radius 1 is 0.848 bits per heavy atom. The van der Waals surface area contributed by atoms with Crippen molar-refractivity contribution in [3.63, 3.8) is 0 Å². The molecule has 1 saturated heterocycles. The van der Waals surface area contributed by atoms with Gasteiger partial charge in [-0.3, -0.25) is 18.7 Å². The highest BCUT2D eigenvalue weighted by Crippen LogP contribution is 2.51. The van der Waals surface area contributed by atoms with Gasteiger partial charge in [0.1, 0.15) is 17.4 Å². The van der Waals surface area contributed by atoms with Gasteiger partial charge < -0.3 is 4.90 Å². The quantitative estimate of drug-likeness (QED) is 0.544. The van der Waals surface area contributed by atoms with Gasteiger partial charge in [-0.1, -0.05) is 12.1 Å². The number of carbonyl (C=O) groups is 2. The van der Waals surface area contributed by atoms with Crippen LogP contribution in [0.3, 0.4) is 0 Å². The molecule has 0 aromatic heterocycles. The second-order valence-electron chi connectivity index (χ2n) is 7.64. The van der Waals surface area contributed by atoms with Crippen LogP contribution in [-0.4, -0.2) is 21.8 Å².